The van der Waals surface area contributed by atoms with Crippen LogP contribution in [0.1, 0.15) is 111 Å². The number of allylic oxidation sites excluding steroid dienone is 1. The van der Waals surface area contributed by atoms with Crippen molar-refractivity contribution in [1.82, 2.24) is 0 Å². The fourth-order valence-corrected chi connectivity index (χ4v) is 9.67. The van der Waals surface area contributed by atoms with Crippen LogP contribution in [0.2, 0.25) is 0 Å². The lowest BCUT2D eigenvalue weighted by atomic mass is 9.47. The van der Waals surface area contributed by atoms with Crippen molar-refractivity contribution < 1.29 is 14.3 Å². The number of hydrogen-bond acceptors (Lipinski definition) is 3. The van der Waals surface area contributed by atoms with Crippen molar-refractivity contribution >= 4 is 6.16 Å². The minimum absolute atomic E-state index is 0.0706. The second-order valence-corrected chi connectivity index (χ2v) is 14.4. The Morgan fingerprint density at radius 2 is 1.79 bits per heavy atom. The van der Waals surface area contributed by atoms with E-state index >= 15 is 0 Å². The van der Waals surface area contributed by atoms with Gasteiger partial charge in [0.15, 0.2) is 0 Å². The van der Waals surface area contributed by atoms with E-state index in [4.69, 9.17) is 9.47 Å². The maximum atomic E-state index is 12.6. The lowest BCUT2D eigenvalue weighted by Crippen LogP contribution is -2.51. The number of benzene rings is 1. The summed E-state index contributed by atoms with van der Waals surface area (Å²) in [6, 6.07) is 7.62. The zero-order chi connectivity index (χ0) is 27.1. The standard InChI is InChI=1S/C35H52O3/c1-23(2)10-9-12-24(3)29-16-17-30-28-15-14-26-22-27(37-33(36)38-32-13-8-7-11-25(32)4)18-20-34(26,5)31(28)19-21-35(29,30)6/h7-8,11,13-14,23-24,27-31H,9-10,12,15-22H2,1-6H3/t24-,27-,28-,29+,30+,31+,34+,35-/m0/s1. The van der Waals surface area contributed by atoms with Gasteiger partial charge >= 0.3 is 6.16 Å². The van der Waals surface area contributed by atoms with E-state index in [9.17, 15) is 4.79 Å². The molecule has 0 unspecified atom stereocenters. The summed E-state index contributed by atoms with van der Waals surface area (Å²) in [7, 11) is 0. The third-order valence-corrected chi connectivity index (χ3v) is 11.8. The van der Waals surface area contributed by atoms with E-state index in [0.29, 0.717) is 11.2 Å². The van der Waals surface area contributed by atoms with Gasteiger partial charge in [-0.05, 0) is 110 Å². The van der Waals surface area contributed by atoms with Crippen LogP contribution in [-0.4, -0.2) is 12.3 Å². The third kappa shape index (κ3) is 5.20. The van der Waals surface area contributed by atoms with Crippen molar-refractivity contribution in [2.24, 2.45) is 46.3 Å². The molecule has 4 aliphatic carbocycles. The van der Waals surface area contributed by atoms with Crippen LogP contribution in [-0.2, 0) is 4.74 Å². The van der Waals surface area contributed by atoms with Gasteiger partial charge < -0.3 is 9.47 Å². The zero-order valence-corrected chi connectivity index (χ0v) is 24.9. The molecular weight excluding hydrogens is 468 g/mol. The smallest absolute Gasteiger partial charge is 0.430 e. The minimum atomic E-state index is -0.560. The van der Waals surface area contributed by atoms with Crippen molar-refractivity contribution in [2.45, 2.75) is 118 Å². The Labute approximate surface area is 232 Å². The molecule has 0 amide bonds. The van der Waals surface area contributed by atoms with Crippen molar-refractivity contribution in [3.05, 3.63) is 41.5 Å². The van der Waals surface area contributed by atoms with E-state index in [-0.39, 0.29) is 11.5 Å². The molecule has 210 valence electrons. The average molecular weight is 521 g/mol. The minimum Gasteiger partial charge on any atom is -0.430 e. The molecule has 4 aliphatic rings. The highest BCUT2D eigenvalue weighted by Crippen LogP contribution is 2.67. The van der Waals surface area contributed by atoms with Crippen LogP contribution >= 0.6 is 0 Å². The molecule has 0 N–H and O–H groups in total. The third-order valence-electron chi connectivity index (χ3n) is 11.8. The molecule has 1 aromatic rings. The van der Waals surface area contributed by atoms with E-state index in [0.717, 1.165) is 60.3 Å². The molecule has 5 rings (SSSR count). The molecule has 0 spiro atoms. The van der Waals surface area contributed by atoms with Gasteiger partial charge in [0.1, 0.15) is 11.9 Å². The number of fused-ring (bicyclic) bond motifs is 5. The summed E-state index contributed by atoms with van der Waals surface area (Å²) in [6.07, 6.45) is 16.0. The monoisotopic (exact) mass is 520 g/mol. The fraction of sp³-hybridized carbons (Fsp3) is 0.743. The van der Waals surface area contributed by atoms with Gasteiger partial charge in [0.25, 0.3) is 0 Å². The SMILES string of the molecule is Cc1ccccc1OC(=O)O[C@H]1CC[C@]2(C)C(=CC[C@H]3[C@H]4CC[C@H]([C@@H](C)CCCC(C)C)[C@]4(C)CC[C@H]32)C1. The molecule has 0 aromatic heterocycles. The highest BCUT2D eigenvalue weighted by molar-refractivity contribution is 5.64. The van der Waals surface area contributed by atoms with Crippen LogP contribution in [0.4, 0.5) is 4.79 Å². The summed E-state index contributed by atoms with van der Waals surface area (Å²) < 4.78 is 11.4. The van der Waals surface area contributed by atoms with Crippen molar-refractivity contribution in [2.75, 3.05) is 0 Å². The molecule has 3 fully saturated rings. The van der Waals surface area contributed by atoms with Crippen LogP contribution < -0.4 is 4.74 Å². The average Bonchev–Trinajstić information content (AvgIpc) is 3.23. The number of rotatable bonds is 7. The van der Waals surface area contributed by atoms with Crippen LogP contribution in [0.5, 0.6) is 5.75 Å². The topological polar surface area (TPSA) is 35.5 Å². The zero-order valence-electron chi connectivity index (χ0n) is 24.9. The van der Waals surface area contributed by atoms with E-state index in [2.05, 4.69) is 40.7 Å². The summed E-state index contributed by atoms with van der Waals surface area (Å²) in [6.45, 7) is 14.5. The molecule has 0 aliphatic heterocycles. The maximum Gasteiger partial charge on any atom is 0.514 e. The summed E-state index contributed by atoms with van der Waals surface area (Å²) in [5.74, 6) is 5.68. The Balaban J connectivity index is 1.22. The van der Waals surface area contributed by atoms with Gasteiger partial charge in [-0.1, -0.05) is 83.7 Å². The molecule has 1 aromatic carbocycles. The number of carbonyl (C=O) groups is 1. The molecule has 3 heteroatoms. The molecule has 0 bridgehead atoms. The number of aryl methyl sites for hydroxylation is 1. The fourth-order valence-electron chi connectivity index (χ4n) is 9.67. The van der Waals surface area contributed by atoms with Crippen LogP contribution in [0.15, 0.2) is 35.9 Å². The quantitative estimate of drug-likeness (QED) is 0.204. The predicted molar refractivity (Wildman–Crippen MR) is 155 cm³/mol. The molecular formula is C35H52O3. The first kappa shape index (κ1) is 27.8. The Morgan fingerprint density at radius 3 is 2.55 bits per heavy atom. The largest absolute Gasteiger partial charge is 0.514 e. The summed E-state index contributed by atoms with van der Waals surface area (Å²) in [5.41, 5.74) is 3.30. The lowest BCUT2D eigenvalue weighted by molar-refractivity contribution is -0.0597. The van der Waals surface area contributed by atoms with Crippen molar-refractivity contribution in [1.29, 1.82) is 0 Å². The Kier molecular flexibility index (Phi) is 8.05. The molecule has 0 heterocycles. The van der Waals surface area contributed by atoms with Crippen LogP contribution in [0.3, 0.4) is 0 Å². The van der Waals surface area contributed by atoms with Gasteiger partial charge in [-0.2, -0.15) is 0 Å². The first-order valence-electron chi connectivity index (χ1n) is 15.8. The van der Waals surface area contributed by atoms with Gasteiger partial charge in [-0.25, -0.2) is 4.79 Å². The number of carbonyl (C=O) groups excluding carboxylic acids is 1. The van der Waals surface area contributed by atoms with Gasteiger partial charge in [-0.3, -0.25) is 0 Å². The van der Waals surface area contributed by atoms with Gasteiger partial charge in [0.2, 0.25) is 0 Å². The lowest BCUT2D eigenvalue weighted by Gasteiger charge is -2.58. The Bertz CT molecular complexity index is 1030. The summed E-state index contributed by atoms with van der Waals surface area (Å²) in [4.78, 5) is 12.6. The second kappa shape index (κ2) is 11.0. The number of hydrogen-bond donors (Lipinski definition) is 0. The molecule has 3 saturated carbocycles. The van der Waals surface area contributed by atoms with Gasteiger partial charge in [0, 0.05) is 6.42 Å². The van der Waals surface area contributed by atoms with Gasteiger partial charge in [0.05, 0.1) is 0 Å². The Hall–Kier alpha value is -1.77. The normalized spacial score (nSPS) is 37.0. The van der Waals surface area contributed by atoms with E-state index in [1.807, 2.05) is 31.2 Å². The van der Waals surface area contributed by atoms with Crippen LogP contribution in [0.25, 0.3) is 0 Å². The van der Waals surface area contributed by atoms with E-state index in [1.165, 1.54) is 51.4 Å². The van der Waals surface area contributed by atoms with Gasteiger partial charge in [-0.15, -0.1) is 0 Å². The second-order valence-electron chi connectivity index (χ2n) is 14.4. The first-order chi connectivity index (χ1) is 18.1. The van der Waals surface area contributed by atoms with Crippen LogP contribution in [0, 0.1) is 53.3 Å². The van der Waals surface area contributed by atoms with Crippen molar-refractivity contribution in [3.63, 3.8) is 0 Å². The molecule has 0 radical (unpaired) electrons. The Morgan fingerprint density at radius 1 is 1.00 bits per heavy atom. The first-order valence-corrected chi connectivity index (χ1v) is 15.8. The molecule has 8 atom stereocenters. The molecule has 0 saturated heterocycles. The number of para-hydroxylation sites is 1. The molecule has 3 nitrogen and oxygen atoms in total. The maximum absolute atomic E-state index is 12.6. The summed E-state index contributed by atoms with van der Waals surface area (Å²) in [5, 5.41) is 0. The molecule has 38 heavy (non-hydrogen) atoms. The summed E-state index contributed by atoms with van der Waals surface area (Å²) >= 11 is 0. The number of ether oxygens (including phenoxy) is 2. The van der Waals surface area contributed by atoms with E-state index in [1.54, 1.807) is 5.57 Å². The highest BCUT2D eigenvalue weighted by Gasteiger charge is 2.59. The van der Waals surface area contributed by atoms with Crippen molar-refractivity contribution in [3.8, 4) is 5.75 Å². The predicted octanol–water partition coefficient (Wildman–Crippen LogP) is 9.92. The highest BCUT2D eigenvalue weighted by atomic mass is 16.7. The van der Waals surface area contributed by atoms with E-state index < -0.39 is 6.16 Å².